The van der Waals surface area contributed by atoms with E-state index in [9.17, 15) is 18.4 Å². The van der Waals surface area contributed by atoms with Gasteiger partial charge in [0, 0.05) is 11.8 Å². The average Bonchev–Trinajstić information content (AvgIpc) is 3.27. The Bertz CT molecular complexity index is 1220. The van der Waals surface area contributed by atoms with Gasteiger partial charge in [0.25, 0.3) is 0 Å². The first-order chi connectivity index (χ1) is 16.3. The Balaban J connectivity index is 1.34. The molecule has 34 heavy (non-hydrogen) atoms. The fourth-order valence-electron chi connectivity index (χ4n) is 3.41. The monoisotopic (exact) mass is 493 g/mol. The molecule has 3 N–H and O–H groups in total. The summed E-state index contributed by atoms with van der Waals surface area (Å²) in [5.41, 5.74) is 0.391. The fraction of sp³-hybridized carbons (Fsp3) is 0.286. The Morgan fingerprint density at radius 3 is 2.53 bits per heavy atom. The second-order valence-electron chi connectivity index (χ2n) is 7.56. The molecule has 1 saturated carbocycles. The standard InChI is InChI=1S/C21H18ClF2N5O5/c22-14-7-12(9-25-18(14)33-13-4-1-10(2-5-13)20(31)32)26-17(30)19-28-29-21(34-19)27-11-3-6-15(23)16(24)8-11/h3,6-10,13H,1-2,4-5H2,(H,26,30)(H,27,29)(H,31,32)/t10-,13-. The highest BCUT2D eigenvalue weighted by Gasteiger charge is 2.27. The van der Waals surface area contributed by atoms with Gasteiger partial charge in [-0.05, 0) is 43.9 Å². The van der Waals surface area contributed by atoms with Crippen LogP contribution in [-0.2, 0) is 4.79 Å². The number of pyridine rings is 1. The van der Waals surface area contributed by atoms with Crippen LogP contribution in [-0.4, -0.2) is 38.3 Å². The van der Waals surface area contributed by atoms with Crippen molar-refractivity contribution >= 4 is 40.9 Å². The number of nitrogens with one attached hydrogen (secondary N) is 2. The Hall–Kier alpha value is -3.80. The number of amides is 1. The molecule has 0 unspecified atom stereocenters. The smallest absolute Gasteiger partial charge is 0.320 e. The molecule has 1 fully saturated rings. The van der Waals surface area contributed by atoms with E-state index >= 15 is 0 Å². The number of carbonyl (C=O) groups excluding carboxylic acids is 1. The van der Waals surface area contributed by atoms with Crippen LogP contribution in [0.3, 0.4) is 0 Å². The first-order valence-corrected chi connectivity index (χ1v) is 10.6. The van der Waals surface area contributed by atoms with Gasteiger partial charge in [0.1, 0.15) is 11.1 Å². The van der Waals surface area contributed by atoms with Gasteiger partial charge in [-0.1, -0.05) is 16.7 Å². The van der Waals surface area contributed by atoms with Crippen molar-refractivity contribution < 1.29 is 32.6 Å². The highest BCUT2D eigenvalue weighted by Crippen LogP contribution is 2.31. The molecule has 0 aliphatic heterocycles. The van der Waals surface area contributed by atoms with Crippen LogP contribution < -0.4 is 15.4 Å². The van der Waals surface area contributed by atoms with Crippen LogP contribution in [0.25, 0.3) is 0 Å². The molecule has 178 valence electrons. The molecule has 1 aromatic carbocycles. The Kier molecular flexibility index (Phi) is 6.87. The quantitative estimate of drug-likeness (QED) is 0.436. The van der Waals surface area contributed by atoms with E-state index in [1.807, 2.05) is 0 Å². The number of hydrogen-bond acceptors (Lipinski definition) is 8. The zero-order valence-electron chi connectivity index (χ0n) is 17.4. The van der Waals surface area contributed by atoms with Crippen LogP contribution in [0.5, 0.6) is 5.88 Å². The number of carbonyl (C=O) groups is 2. The summed E-state index contributed by atoms with van der Waals surface area (Å²) in [6.45, 7) is 0. The van der Waals surface area contributed by atoms with E-state index < -0.39 is 29.4 Å². The number of benzene rings is 1. The fourth-order valence-corrected chi connectivity index (χ4v) is 3.62. The van der Waals surface area contributed by atoms with Gasteiger partial charge in [-0.2, -0.15) is 0 Å². The number of carboxylic acid groups (broad SMARTS) is 1. The third-order valence-electron chi connectivity index (χ3n) is 5.16. The van der Waals surface area contributed by atoms with Crippen molar-refractivity contribution in [1.82, 2.24) is 15.2 Å². The minimum Gasteiger partial charge on any atom is -0.481 e. The number of halogens is 3. The second kappa shape index (κ2) is 10.00. The summed E-state index contributed by atoms with van der Waals surface area (Å²) < 4.78 is 37.3. The zero-order valence-corrected chi connectivity index (χ0v) is 18.2. The Morgan fingerprint density at radius 2 is 1.85 bits per heavy atom. The minimum atomic E-state index is -1.06. The molecule has 0 bridgehead atoms. The Morgan fingerprint density at radius 1 is 1.09 bits per heavy atom. The molecule has 2 heterocycles. The molecule has 1 aliphatic rings. The SMILES string of the molecule is O=C(Nc1cnc(O[C@H]2CC[C@H](C(=O)O)CC2)c(Cl)c1)c1nnc(Nc2ccc(F)c(F)c2)o1. The third kappa shape index (κ3) is 5.57. The van der Waals surface area contributed by atoms with Crippen LogP contribution >= 0.6 is 11.6 Å². The molecule has 0 spiro atoms. The van der Waals surface area contributed by atoms with Crippen LogP contribution in [0.2, 0.25) is 5.02 Å². The number of aliphatic carboxylic acids is 1. The third-order valence-corrected chi connectivity index (χ3v) is 5.43. The summed E-state index contributed by atoms with van der Waals surface area (Å²) in [6.07, 6.45) is 3.32. The summed E-state index contributed by atoms with van der Waals surface area (Å²) in [5.74, 6) is -4.20. The molecule has 3 aromatic rings. The van der Waals surface area contributed by atoms with E-state index in [1.165, 1.54) is 18.3 Å². The van der Waals surface area contributed by atoms with Gasteiger partial charge in [-0.25, -0.2) is 13.8 Å². The molecule has 0 atom stereocenters. The number of ether oxygens (including phenoxy) is 1. The predicted octanol–water partition coefficient (Wildman–Crippen LogP) is 4.41. The molecule has 4 rings (SSSR count). The summed E-state index contributed by atoms with van der Waals surface area (Å²) in [5, 5.41) is 21.5. The molecule has 0 radical (unpaired) electrons. The van der Waals surface area contributed by atoms with Crippen molar-refractivity contribution in [1.29, 1.82) is 0 Å². The van der Waals surface area contributed by atoms with Crippen molar-refractivity contribution in [2.45, 2.75) is 31.8 Å². The van der Waals surface area contributed by atoms with E-state index in [4.69, 9.17) is 25.9 Å². The second-order valence-corrected chi connectivity index (χ2v) is 7.97. The number of anilines is 3. The van der Waals surface area contributed by atoms with Crippen molar-refractivity contribution in [3.05, 3.63) is 53.0 Å². The highest BCUT2D eigenvalue weighted by atomic mass is 35.5. The van der Waals surface area contributed by atoms with E-state index in [1.54, 1.807) is 0 Å². The molecular formula is C21H18ClF2N5O5. The first-order valence-electron chi connectivity index (χ1n) is 10.2. The van der Waals surface area contributed by atoms with Gasteiger partial charge >= 0.3 is 23.8 Å². The summed E-state index contributed by atoms with van der Waals surface area (Å²) >= 11 is 6.22. The van der Waals surface area contributed by atoms with Crippen LogP contribution in [0.4, 0.5) is 26.2 Å². The predicted molar refractivity (Wildman–Crippen MR) is 115 cm³/mol. The number of aromatic nitrogens is 3. The lowest BCUT2D eigenvalue weighted by Gasteiger charge is -2.26. The molecule has 1 aliphatic carbocycles. The lowest BCUT2D eigenvalue weighted by Crippen LogP contribution is -2.28. The number of hydrogen-bond donors (Lipinski definition) is 3. The van der Waals surface area contributed by atoms with Gasteiger partial charge in [0.2, 0.25) is 5.88 Å². The van der Waals surface area contributed by atoms with E-state index in [0.29, 0.717) is 25.7 Å². The normalized spacial score (nSPS) is 17.7. The van der Waals surface area contributed by atoms with Crippen molar-refractivity contribution in [2.24, 2.45) is 5.92 Å². The lowest BCUT2D eigenvalue weighted by atomic mass is 9.87. The van der Waals surface area contributed by atoms with Crippen molar-refractivity contribution in [3.8, 4) is 5.88 Å². The maximum atomic E-state index is 13.3. The van der Waals surface area contributed by atoms with Gasteiger partial charge in [0.15, 0.2) is 11.6 Å². The van der Waals surface area contributed by atoms with E-state index in [0.717, 1.165) is 12.1 Å². The van der Waals surface area contributed by atoms with Gasteiger partial charge in [-0.3, -0.25) is 9.59 Å². The molecule has 1 amide bonds. The van der Waals surface area contributed by atoms with Gasteiger partial charge < -0.3 is 24.9 Å². The lowest BCUT2D eigenvalue weighted by molar-refractivity contribution is -0.143. The first kappa shape index (κ1) is 23.4. The van der Waals surface area contributed by atoms with Gasteiger partial charge in [-0.15, -0.1) is 5.10 Å². The van der Waals surface area contributed by atoms with Crippen LogP contribution in [0.15, 0.2) is 34.9 Å². The maximum Gasteiger partial charge on any atom is 0.320 e. The van der Waals surface area contributed by atoms with E-state index in [2.05, 4.69) is 25.8 Å². The topological polar surface area (TPSA) is 139 Å². The number of rotatable bonds is 7. The van der Waals surface area contributed by atoms with E-state index in [-0.39, 0.29) is 40.3 Å². The van der Waals surface area contributed by atoms with Crippen LogP contribution in [0.1, 0.15) is 36.4 Å². The zero-order chi connectivity index (χ0) is 24.2. The Labute approximate surface area is 196 Å². The van der Waals surface area contributed by atoms with Crippen LogP contribution in [0, 0.1) is 17.6 Å². The molecule has 10 nitrogen and oxygen atoms in total. The largest absolute Gasteiger partial charge is 0.481 e. The summed E-state index contributed by atoms with van der Waals surface area (Å²) in [7, 11) is 0. The number of nitrogens with zero attached hydrogens (tertiary/aromatic N) is 3. The highest BCUT2D eigenvalue weighted by molar-refractivity contribution is 6.32. The number of carboxylic acids is 1. The summed E-state index contributed by atoms with van der Waals surface area (Å²) in [6, 6.07) is 4.31. The average molecular weight is 494 g/mol. The molecule has 2 aromatic heterocycles. The van der Waals surface area contributed by atoms with Gasteiger partial charge in [0.05, 0.1) is 17.8 Å². The molecule has 0 saturated heterocycles. The molecule has 13 heteroatoms. The van der Waals surface area contributed by atoms with Crippen molar-refractivity contribution in [2.75, 3.05) is 10.6 Å². The van der Waals surface area contributed by atoms with Crippen molar-refractivity contribution in [3.63, 3.8) is 0 Å². The minimum absolute atomic E-state index is 0.150. The maximum absolute atomic E-state index is 13.3. The summed E-state index contributed by atoms with van der Waals surface area (Å²) in [4.78, 5) is 27.6. The molecular weight excluding hydrogens is 476 g/mol.